The van der Waals surface area contributed by atoms with Crippen molar-refractivity contribution >= 4 is 23.4 Å². The number of phenols is 1. The van der Waals surface area contributed by atoms with Gasteiger partial charge in [-0.25, -0.2) is 0 Å². The monoisotopic (exact) mass is 444 g/mol. The Kier molecular flexibility index (Phi) is 6.56. The van der Waals surface area contributed by atoms with Crippen molar-refractivity contribution in [2.75, 3.05) is 11.1 Å². The fourth-order valence-corrected chi connectivity index (χ4v) is 4.04. The average molecular weight is 445 g/mol. The number of amides is 1. The average Bonchev–Trinajstić information content (AvgIpc) is 3.22. The summed E-state index contributed by atoms with van der Waals surface area (Å²) in [6.07, 6.45) is 0. The summed E-state index contributed by atoms with van der Waals surface area (Å²) in [4.78, 5) is 12.6. The molecule has 162 valence electrons. The smallest absolute Gasteiger partial charge is 0.234 e. The van der Waals surface area contributed by atoms with Gasteiger partial charge in [-0.2, -0.15) is 0 Å². The van der Waals surface area contributed by atoms with Crippen molar-refractivity contribution in [1.29, 1.82) is 0 Å². The molecule has 0 radical (unpaired) electrons. The number of para-hydroxylation sites is 2. The molecule has 0 fully saturated rings. The number of anilines is 1. The molecule has 3 aromatic carbocycles. The Morgan fingerprint density at radius 3 is 2.34 bits per heavy atom. The third kappa shape index (κ3) is 4.84. The molecule has 32 heavy (non-hydrogen) atoms. The summed E-state index contributed by atoms with van der Waals surface area (Å²) in [6.45, 7) is 4.27. The summed E-state index contributed by atoms with van der Waals surface area (Å²) in [5, 5.41) is 22.4. The Balaban J connectivity index is 1.55. The van der Waals surface area contributed by atoms with Crippen LogP contribution in [0.25, 0.3) is 17.1 Å². The van der Waals surface area contributed by atoms with Crippen LogP contribution in [0.1, 0.15) is 25.3 Å². The molecular formula is C25H24N4O2S. The normalized spacial score (nSPS) is 11.0. The second-order valence-electron chi connectivity index (χ2n) is 7.61. The number of thioether (sulfide) groups is 1. The maximum atomic E-state index is 12.6. The van der Waals surface area contributed by atoms with Gasteiger partial charge in [0.25, 0.3) is 0 Å². The fraction of sp³-hybridized carbons (Fsp3) is 0.160. The Hall–Kier alpha value is -3.58. The van der Waals surface area contributed by atoms with Crippen molar-refractivity contribution in [3.8, 4) is 22.8 Å². The highest BCUT2D eigenvalue weighted by atomic mass is 32.2. The molecule has 1 heterocycles. The van der Waals surface area contributed by atoms with Crippen molar-refractivity contribution in [3.63, 3.8) is 0 Å². The minimum absolute atomic E-state index is 0.121. The molecular weight excluding hydrogens is 420 g/mol. The van der Waals surface area contributed by atoms with Gasteiger partial charge in [0.2, 0.25) is 5.91 Å². The van der Waals surface area contributed by atoms with E-state index in [0.29, 0.717) is 22.5 Å². The van der Waals surface area contributed by atoms with Gasteiger partial charge in [-0.1, -0.05) is 68.1 Å². The maximum Gasteiger partial charge on any atom is 0.234 e. The first-order chi connectivity index (χ1) is 15.5. The van der Waals surface area contributed by atoms with Crippen LogP contribution in [0.5, 0.6) is 5.75 Å². The summed E-state index contributed by atoms with van der Waals surface area (Å²) in [5.74, 6) is 1.13. The first-order valence-corrected chi connectivity index (χ1v) is 11.3. The molecule has 4 rings (SSSR count). The van der Waals surface area contributed by atoms with E-state index in [-0.39, 0.29) is 17.4 Å². The molecule has 0 aliphatic carbocycles. The predicted molar refractivity (Wildman–Crippen MR) is 128 cm³/mol. The topological polar surface area (TPSA) is 80.0 Å². The number of nitrogens with one attached hydrogen (secondary N) is 1. The molecule has 2 N–H and O–H groups in total. The van der Waals surface area contributed by atoms with Gasteiger partial charge in [0, 0.05) is 11.4 Å². The summed E-state index contributed by atoms with van der Waals surface area (Å²) >= 11 is 1.29. The minimum atomic E-state index is -0.126. The molecule has 0 unspecified atom stereocenters. The van der Waals surface area contributed by atoms with Gasteiger partial charge >= 0.3 is 0 Å². The first kappa shape index (κ1) is 21.6. The van der Waals surface area contributed by atoms with Crippen LogP contribution in [0.15, 0.2) is 84.0 Å². The summed E-state index contributed by atoms with van der Waals surface area (Å²) in [7, 11) is 0. The largest absolute Gasteiger partial charge is 0.507 e. The lowest BCUT2D eigenvalue weighted by Gasteiger charge is -2.11. The molecule has 0 atom stereocenters. The quantitative estimate of drug-likeness (QED) is 0.368. The van der Waals surface area contributed by atoms with Gasteiger partial charge in [-0.15, -0.1) is 10.2 Å². The summed E-state index contributed by atoms with van der Waals surface area (Å²) in [6, 6.07) is 24.5. The van der Waals surface area contributed by atoms with Gasteiger partial charge in [0.15, 0.2) is 11.0 Å². The van der Waals surface area contributed by atoms with E-state index in [1.807, 2.05) is 65.2 Å². The van der Waals surface area contributed by atoms with Crippen LogP contribution in [-0.4, -0.2) is 31.5 Å². The zero-order chi connectivity index (χ0) is 22.5. The zero-order valence-electron chi connectivity index (χ0n) is 17.9. The number of carbonyl (C=O) groups excluding carboxylic acids is 1. The minimum Gasteiger partial charge on any atom is -0.507 e. The van der Waals surface area contributed by atoms with Crippen LogP contribution >= 0.6 is 11.8 Å². The van der Waals surface area contributed by atoms with Crippen molar-refractivity contribution < 1.29 is 9.90 Å². The van der Waals surface area contributed by atoms with Gasteiger partial charge in [-0.3, -0.25) is 9.36 Å². The molecule has 7 heteroatoms. The van der Waals surface area contributed by atoms with E-state index in [1.54, 1.807) is 18.2 Å². The molecule has 4 aromatic rings. The number of carbonyl (C=O) groups is 1. The van der Waals surface area contributed by atoms with Gasteiger partial charge in [0.05, 0.1) is 11.3 Å². The second kappa shape index (κ2) is 9.70. The van der Waals surface area contributed by atoms with Crippen molar-refractivity contribution in [2.45, 2.75) is 24.9 Å². The molecule has 1 aromatic heterocycles. The molecule has 1 amide bonds. The Morgan fingerprint density at radius 1 is 0.969 bits per heavy atom. The van der Waals surface area contributed by atoms with Crippen LogP contribution in [0.2, 0.25) is 0 Å². The zero-order valence-corrected chi connectivity index (χ0v) is 18.7. The Labute approximate surface area is 191 Å². The van der Waals surface area contributed by atoms with Crippen molar-refractivity contribution in [2.24, 2.45) is 0 Å². The van der Waals surface area contributed by atoms with Gasteiger partial charge < -0.3 is 10.4 Å². The Morgan fingerprint density at radius 2 is 1.66 bits per heavy atom. The lowest BCUT2D eigenvalue weighted by Crippen LogP contribution is -2.14. The van der Waals surface area contributed by atoms with E-state index in [2.05, 4.69) is 29.4 Å². The molecule has 0 bridgehead atoms. The van der Waals surface area contributed by atoms with E-state index in [4.69, 9.17) is 0 Å². The molecule has 0 aliphatic heterocycles. The standard InChI is InChI=1S/C25H24N4O2S/c1-17(2)18-12-14-19(15-13-18)26-23(31)16-32-25-28-27-24(21-10-6-7-11-22(21)30)29(25)20-8-4-3-5-9-20/h3-15,17,30H,16H2,1-2H3,(H,26,31). The molecule has 0 saturated carbocycles. The van der Waals surface area contributed by atoms with E-state index < -0.39 is 0 Å². The third-order valence-corrected chi connectivity index (χ3v) is 5.92. The van der Waals surface area contributed by atoms with Gasteiger partial charge in [0.1, 0.15) is 5.75 Å². The van der Waals surface area contributed by atoms with Crippen LogP contribution in [-0.2, 0) is 4.79 Å². The third-order valence-electron chi connectivity index (χ3n) is 4.99. The number of nitrogens with zero attached hydrogens (tertiary/aromatic N) is 3. The second-order valence-corrected chi connectivity index (χ2v) is 8.55. The maximum absolute atomic E-state index is 12.6. The van der Waals surface area contributed by atoms with Crippen LogP contribution in [0.3, 0.4) is 0 Å². The number of hydrogen-bond acceptors (Lipinski definition) is 5. The fourth-order valence-electron chi connectivity index (χ4n) is 3.29. The van der Waals surface area contributed by atoms with Crippen LogP contribution < -0.4 is 5.32 Å². The number of aromatic nitrogens is 3. The number of hydrogen-bond donors (Lipinski definition) is 2. The highest BCUT2D eigenvalue weighted by Gasteiger charge is 2.19. The molecule has 0 spiro atoms. The number of benzene rings is 3. The van der Waals surface area contributed by atoms with Crippen molar-refractivity contribution in [3.05, 3.63) is 84.4 Å². The summed E-state index contributed by atoms with van der Waals surface area (Å²) in [5.41, 5.74) is 3.41. The van der Waals surface area contributed by atoms with Gasteiger partial charge in [-0.05, 0) is 47.9 Å². The lowest BCUT2D eigenvalue weighted by molar-refractivity contribution is -0.113. The van der Waals surface area contributed by atoms with Crippen LogP contribution in [0.4, 0.5) is 5.69 Å². The number of aromatic hydroxyl groups is 1. The van der Waals surface area contributed by atoms with E-state index in [1.165, 1.54) is 17.3 Å². The molecule has 6 nitrogen and oxygen atoms in total. The highest BCUT2D eigenvalue weighted by molar-refractivity contribution is 7.99. The Bertz CT molecular complexity index is 1200. The molecule has 0 saturated heterocycles. The van der Waals surface area contributed by atoms with Crippen molar-refractivity contribution in [1.82, 2.24) is 14.8 Å². The SMILES string of the molecule is CC(C)c1ccc(NC(=O)CSc2nnc(-c3ccccc3O)n2-c2ccccc2)cc1. The molecule has 0 aliphatic rings. The summed E-state index contributed by atoms with van der Waals surface area (Å²) < 4.78 is 1.85. The van der Waals surface area contributed by atoms with E-state index in [9.17, 15) is 9.90 Å². The number of rotatable bonds is 7. The first-order valence-electron chi connectivity index (χ1n) is 10.3. The lowest BCUT2D eigenvalue weighted by atomic mass is 10.0. The highest BCUT2D eigenvalue weighted by Crippen LogP contribution is 2.32. The predicted octanol–water partition coefficient (Wildman–Crippen LogP) is 5.49. The van der Waals surface area contributed by atoms with Crippen LogP contribution in [0, 0.1) is 0 Å². The van der Waals surface area contributed by atoms with E-state index >= 15 is 0 Å². The van der Waals surface area contributed by atoms with E-state index in [0.717, 1.165) is 11.4 Å². The number of phenolic OH excluding ortho intramolecular Hbond substituents is 1.